The van der Waals surface area contributed by atoms with Crippen molar-refractivity contribution in [2.45, 2.75) is 6.92 Å². The lowest BCUT2D eigenvalue weighted by atomic mass is 10.1. The smallest absolute Gasteiger partial charge is 0.202 e. The third-order valence-electron chi connectivity index (χ3n) is 2.08. The van der Waals surface area contributed by atoms with Gasteiger partial charge in [-0.2, -0.15) is 0 Å². The van der Waals surface area contributed by atoms with Crippen LogP contribution in [0, 0.1) is 6.92 Å². The SMILES string of the molecule is Cc1cccc(C(=O)c2ccc(Br)s2)c1. The molecule has 1 heterocycles. The van der Waals surface area contributed by atoms with Gasteiger partial charge in [-0.15, -0.1) is 11.3 Å². The van der Waals surface area contributed by atoms with Crippen LogP contribution in [-0.4, -0.2) is 5.78 Å². The third kappa shape index (κ3) is 2.36. The number of hydrogen-bond donors (Lipinski definition) is 0. The molecule has 2 aromatic rings. The summed E-state index contributed by atoms with van der Waals surface area (Å²) < 4.78 is 0.985. The Morgan fingerprint density at radius 1 is 1.27 bits per heavy atom. The molecular weight excluding hydrogens is 272 g/mol. The number of benzene rings is 1. The largest absolute Gasteiger partial charge is 0.288 e. The summed E-state index contributed by atoms with van der Waals surface area (Å²) in [4.78, 5) is 12.8. The standard InChI is InChI=1S/C12H9BrOS/c1-8-3-2-4-9(7-8)12(14)10-5-6-11(13)15-10/h2-7H,1H3. The van der Waals surface area contributed by atoms with Gasteiger partial charge in [0.2, 0.25) is 5.78 Å². The van der Waals surface area contributed by atoms with E-state index in [1.807, 2.05) is 43.3 Å². The third-order valence-corrected chi connectivity index (χ3v) is 3.70. The number of carbonyl (C=O) groups excluding carboxylic acids is 1. The molecule has 0 spiro atoms. The van der Waals surface area contributed by atoms with Gasteiger partial charge in [-0.3, -0.25) is 4.79 Å². The molecule has 0 unspecified atom stereocenters. The average molecular weight is 281 g/mol. The molecular formula is C12H9BrOS. The van der Waals surface area contributed by atoms with Crippen molar-refractivity contribution in [3.05, 3.63) is 56.2 Å². The lowest BCUT2D eigenvalue weighted by molar-refractivity contribution is 0.104. The maximum Gasteiger partial charge on any atom is 0.202 e. The maximum absolute atomic E-state index is 12.0. The second-order valence-electron chi connectivity index (χ2n) is 3.30. The normalized spacial score (nSPS) is 10.3. The molecule has 76 valence electrons. The Bertz CT molecular complexity index is 502. The van der Waals surface area contributed by atoms with Crippen molar-refractivity contribution in [1.29, 1.82) is 0 Å². The summed E-state index contributed by atoms with van der Waals surface area (Å²) in [6.07, 6.45) is 0. The number of thiophene rings is 1. The van der Waals surface area contributed by atoms with E-state index < -0.39 is 0 Å². The highest BCUT2D eigenvalue weighted by atomic mass is 79.9. The molecule has 3 heteroatoms. The lowest BCUT2D eigenvalue weighted by Crippen LogP contribution is -1.98. The fraction of sp³-hybridized carbons (Fsp3) is 0.0833. The first-order chi connectivity index (χ1) is 7.16. The summed E-state index contributed by atoms with van der Waals surface area (Å²) in [6.45, 7) is 1.99. The van der Waals surface area contributed by atoms with Crippen molar-refractivity contribution in [3.63, 3.8) is 0 Å². The Morgan fingerprint density at radius 3 is 2.67 bits per heavy atom. The van der Waals surface area contributed by atoms with Crippen LogP contribution >= 0.6 is 27.3 Å². The molecule has 1 nitrogen and oxygen atoms in total. The van der Waals surface area contributed by atoms with Crippen molar-refractivity contribution in [2.75, 3.05) is 0 Å². The number of ketones is 1. The molecule has 0 fully saturated rings. The molecule has 0 bridgehead atoms. The van der Waals surface area contributed by atoms with Crippen LogP contribution in [0.5, 0.6) is 0 Å². The Balaban J connectivity index is 2.36. The first kappa shape index (κ1) is 10.6. The first-order valence-electron chi connectivity index (χ1n) is 4.53. The molecule has 0 atom stereocenters. The minimum atomic E-state index is 0.0920. The van der Waals surface area contributed by atoms with Crippen LogP contribution in [0.1, 0.15) is 20.8 Å². The van der Waals surface area contributed by atoms with Crippen molar-refractivity contribution >= 4 is 33.0 Å². The van der Waals surface area contributed by atoms with Crippen molar-refractivity contribution in [3.8, 4) is 0 Å². The Labute approximate surface area is 101 Å². The predicted molar refractivity (Wildman–Crippen MR) is 66.6 cm³/mol. The highest BCUT2D eigenvalue weighted by Gasteiger charge is 2.10. The van der Waals surface area contributed by atoms with Gasteiger partial charge in [-0.1, -0.05) is 23.8 Å². The molecule has 0 aliphatic rings. The molecule has 0 amide bonds. The number of aryl methyl sites for hydroxylation is 1. The van der Waals surface area contributed by atoms with E-state index in [4.69, 9.17) is 0 Å². The Morgan fingerprint density at radius 2 is 2.07 bits per heavy atom. The second-order valence-corrected chi connectivity index (χ2v) is 5.77. The van der Waals surface area contributed by atoms with E-state index in [9.17, 15) is 4.79 Å². The number of rotatable bonds is 2. The van der Waals surface area contributed by atoms with Crippen molar-refractivity contribution in [2.24, 2.45) is 0 Å². The molecule has 0 saturated carbocycles. The van der Waals surface area contributed by atoms with Crippen LogP contribution in [0.2, 0.25) is 0 Å². The zero-order valence-electron chi connectivity index (χ0n) is 8.16. The van der Waals surface area contributed by atoms with Crippen molar-refractivity contribution in [1.82, 2.24) is 0 Å². The highest BCUT2D eigenvalue weighted by molar-refractivity contribution is 9.11. The summed E-state index contributed by atoms with van der Waals surface area (Å²) in [6, 6.07) is 11.4. The van der Waals surface area contributed by atoms with E-state index in [1.165, 1.54) is 11.3 Å². The molecule has 0 saturated heterocycles. The zero-order chi connectivity index (χ0) is 10.8. The van der Waals surface area contributed by atoms with E-state index in [0.717, 1.165) is 19.8 Å². The van der Waals surface area contributed by atoms with Gasteiger partial charge in [0.05, 0.1) is 8.66 Å². The summed E-state index contributed by atoms with van der Waals surface area (Å²) in [5.41, 5.74) is 1.86. The molecule has 15 heavy (non-hydrogen) atoms. The molecule has 1 aromatic carbocycles. The quantitative estimate of drug-likeness (QED) is 0.759. The second kappa shape index (κ2) is 4.29. The fourth-order valence-electron chi connectivity index (χ4n) is 1.36. The fourth-order valence-corrected chi connectivity index (χ4v) is 2.71. The zero-order valence-corrected chi connectivity index (χ0v) is 10.6. The Kier molecular flexibility index (Phi) is 3.03. The number of hydrogen-bond acceptors (Lipinski definition) is 2. The van der Waals surface area contributed by atoms with Gasteiger partial charge in [-0.25, -0.2) is 0 Å². The van der Waals surface area contributed by atoms with E-state index in [0.29, 0.717) is 0 Å². The van der Waals surface area contributed by atoms with Crippen LogP contribution in [-0.2, 0) is 0 Å². The van der Waals surface area contributed by atoms with Gasteiger partial charge in [-0.05, 0) is 41.1 Å². The van der Waals surface area contributed by atoms with Gasteiger partial charge >= 0.3 is 0 Å². The van der Waals surface area contributed by atoms with E-state index in [-0.39, 0.29) is 5.78 Å². The van der Waals surface area contributed by atoms with Crippen molar-refractivity contribution < 1.29 is 4.79 Å². The number of halogens is 1. The van der Waals surface area contributed by atoms with Crippen LogP contribution in [0.25, 0.3) is 0 Å². The Hall–Kier alpha value is -0.930. The van der Waals surface area contributed by atoms with Gasteiger partial charge in [0.15, 0.2) is 0 Å². The molecule has 0 radical (unpaired) electrons. The summed E-state index contributed by atoms with van der Waals surface area (Å²) in [5.74, 6) is 0.0920. The number of carbonyl (C=O) groups is 1. The summed E-state index contributed by atoms with van der Waals surface area (Å²) in [7, 11) is 0. The van der Waals surface area contributed by atoms with Gasteiger partial charge < -0.3 is 0 Å². The molecule has 0 aliphatic heterocycles. The highest BCUT2D eigenvalue weighted by Crippen LogP contribution is 2.24. The lowest BCUT2D eigenvalue weighted by Gasteiger charge is -1.98. The van der Waals surface area contributed by atoms with E-state index in [1.54, 1.807) is 0 Å². The summed E-state index contributed by atoms with van der Waals surface area (Å²) >= 11 is 4.82. The van der Waals surface area contributed by atoms with Crippen LogP contribution < -0.4 is 0 Å². The van der Waals surface area contributed by atoms with E-state index >= 15 is 0 Å². The molecule has 2 rings (SSSR count). The molecule has 1 aromatic heterocycles. The summed E-state index contributed by atoms with van der Waals surface area (Å²) in [5, 5.41) is 0. The van der Waals surface area contributed by atoms with Gasteiger partial charge in [0.25, 0.3) is 0 Å². The minimum absolute atomic E-state index is 0.0920. The minimum Gasteiger partial charge on any atom is -0.288 e. The topological polar surface area (TPSA) is 17.1 Å². The van der Waals surface area contributed by atoms with Gasteiger partial charge in [0, 0.05) is 5.56 Å². The monoisotopic (exact) mass is 280 g/mol. The van der Waals surface area contributed by atoms with E-state index in [2.05, 4.69) is 15.9 Å². The van der Waals surface area contributed by atoms with Crippen LogP contribution in [0.3, 0.4) is 0 Å². The molecule has 0 N–H and O–H groups in total. The van der Waals surface area contributed by atoms with Gasteiger partial charge in [0.1, 0.15) is 0 Å². The predicted octanol–water partition coefficient (Wildman–Crippen LogP) is 4.05. The van der Waals surface area contributed by atoms with Crippen LogP contribution in [0.15, 0.2) is 40.2 Å². The average Bonchev–Trinajstić information content (AvgIpc) is 2.64. The maximum atomic E-state index is 12.0. The first-order valence-corrected chi connectivity index (χ1v) is 6.14. The molecule has 0 aliphatic carbocycles. The van der Waals surface area contributed by atoms with Crippen LogP contribution in [0.4, 0.5) is 0 Å².